The Morgan fingerprint density at radius 1 is 1.12 bits per heavy atom. The second-order valence-electron chi connectivity index (χ2n) is 10.9. The van der Waals surface area contributed by atoms with Crippen LogP contribution in [-0.4, -0.2) is 62.0 Å². The molecule has 6 atom stereocenters. The van der Waals surface area contributed by atoms with Crippen molar-refractivity contribution in [3.8, 4) is 0 Å². The summed E-state index contributed by atoms with van der Waals surface area (Å²) in [5, 5.41) is 18.1. The van der Waals surface area contributed by atoms with Crippen LogP contribution in [0.2, 0.25) is 5.02 Å². The largest absolute Gasteiger partial charge is 0.453 e. The number of hydrogen-bond donors (Lipinski definition) is 4. The Morgan fingerprint density at radius 2 is 1.83 bits per heavy atom. The second kappa shape index (κ2) is 12.1. The molecule has 2 aromatic carbocycles. The van der Waals surface area contributed by atoms with E-state index in [-0.39, 0.29) is 46.5 Å². The van der Waals surface area contributed by atoms with E-state index in [1.54, 1.807) is 0 Å². The highest BCUT2D eigenvalue weighted by atomic mass is 35.5. The fraction of sp³-hybridized carbons (Fsp3) is 0.464. The van der Waals surface area contributed by atoms with Gasteiger partial charge in [0.25, 0.3) is 5.91 Å². The van der Waals surface area contributed by atoms with Crippen molar-refractivity contribution < 1.29 is 41.4 Å². The number of methoxy groups -OCH3 is 1. The number of benzene rings is 2. The van der Waals surface area contributed by atoms with E-state index in [4.69, 9.17) is 11.6 Å². The van der Waals surface area contributed by atoms with Gasteiger partial charge in [0.15, 0.2) is 21.5 Å². The number of carbonyl (C=O) groups excluding carboxylic acids is 3. The summed E-state index contributed by atoms with van der Waals surface area (Å²) in [6, 6.07) is 5.66. The van der Waals surface area contributed by atoms with Crippen LogP contribution in [0.1, 0.15) is 43.5 Å². The lowest BCUT2D eigenvalue weighted by Crippen LogP contribution is -2.57. The molecule has 4 rings (SSSR count). The monoisotopic (exact) mass is 627 g/mol. The molecule has 0 spiro atoms. The molecule has 0 heterocycles. The van der Waals surface area contributed by atoms with Gasteiger partial charge in [0.05, 0.1) is 27.9 Å². The number of carbonyl (C=O) groups is 3. The van der Waals surface area contributed by atoms with Crippen molar-refractivity contribution >= 4 is 45.0 Å². The standard InChI is InChI=1S/C28H32ClF2N3O7S/c1-14-8-17-10-19(12-20(14)28(17,38)13-32-25(35)15(2)33-27(37)41-3)42(39,40)24-9-16(4-6-21(24)29)26(36)34-18-5-7-22(30)23(31)11-18/h4-7,9,11,14-15,17,19-20,38H,8,10,12-13H2,1-3H3,(H,32,35)(H,33,37)(H,34,36)/t14-,15-,17?,19?,20+,28+/m0/s1. The van der Waals surface area contributed by atoms with Gasteiger partial charge in [-0.25, -0.2) is 22.0 Å². The molecule has 0 radical (unpaired) electrons. The molecule has 14 heteroatoms. The van der Waals surface area contributed by atoms with Gasteiger partial charge < -0.3 is 25.8 Å². The molecule has 2 unspecified atom stereocenters. The third-order valence-corrected chi connectivity index (χ3v) is 11.0. The van der Waals surface area contributed by atoms with Crippen molar-refractivity contribution in [2.45, 2.75) is 54.9 Å². The van der Waals surface area contributed by atoms with E-state index in [2.05, 4.69) is 20.7 Å². The first kappa shape index (κ1) is 31.6. The molecule has 2 aromatic rings. The van der Waals surface area contributed by atoms with Crippen molar-refractivity contribution in [3.05, 3.63) is 58.6 Å². The molecular formula is C28H32ClF2N3O7S. The molecule has 2 saturated carbocycles. The van der Waals surface area contributed by atoms with E-state index in [0.717, 1.165) is 18.2 Å². The number of aliphatic hydroxyl groups is 1. The predicted molar refractivity (Wildman–Crippen MR) is 150 cm³/mol. The maximum atomic E-state index is 13.8. The fourth-order valence-electron chi connectivity index (χ4n) is 6.08. The highest BCUT2D eigenvalue weighted by molar-refractivity contribution is 7.92. The highest BCUT2D eigenvalue weighted by Crippen LogP contribution is 2.54. The molecule has 2 aliphatic rings. The maximum Gasteiger partial charge on any atom is 0.407 e. The van der Waals surface area contributed by atoms with Crippen LogP contribution < -0.4 is 16.0 Å². The molecule has 2 bridgehead atoms. The summed E-state index contributed by atoms with van der Waals surface area (Å²) in [5.74, 6) is -4.45. The minimum Gasteiger partial charge on any atom is -0.453 e. The van der Waals surface area contributed by atoms with Crippen molar-refractivity contribution in [2.24, 2.45) is 17.8 Å². The number of nitrogens with one attached hydrogen (secondary N) is 3. The Morgan fingerprint density at radius 3 is 2.48 bits per heavy atom. The molecule has 2 aliphatic carbocycles. The molecule has 3 amide bonds. The van der Waals surface area contributed by atoms with Crippen molar-refractivity contribution in [1.29, 1.82) is 0 Å². The summed E-state index contributed by atoms with van der Waals surface area (Å²) in [5.41, 5.74) is -1.43. The summed E-state index contributed by atoms with van der Waals surface area (Å²) in [7, 11) is -2.91. The summed E-state index contributed by atoms with van der Waals surface area (Å²) in [6.45, 7) is 3.27. The summed E-state index contributed by atoms with van der Waals surface area (Å²) < 4.78 is 59.0. The Labute approximate surface area is 247 Å². The van der Waals surface area contributed by atoms with Gasteiger partial charge in [0.1, 0.15) is 6.04 Å². The average molecular weight is 628 g/mol. The Kier molecular flexibility index (Phi) is 9.14. The van der Waals surface area contributed by atoms with Crippen LogP contribution in [-0.2, 0) is 19.4 Å². The number of hydrogen-bond acceptors (Lipinski definition) is 7. The zero-order chi connectivity index (χ0) is 31.0. The molecule has 0 saturated heterocycles. The topological polar surface area (TPSA) is 151 Å². The highest BCUT2D eigenvalue weighted by Gasteiger charge is 2.58. The maximum absolute atomic E-state index is 13.8. The van der Waals surface area contributed by atoms with Crippen LogP contribution in [0.25, 0.3) is 0 Å². The lowest BCUT2D eigenvalue weighted by Gasteiger charge is -2.43. The van der Waals surface area contributed by atoms with E-state index < -0.39 is 68.1 Å². The normalized spacial score (nSPS) is 25.8. The smallest absolute Gasteiger partial charge is 0.407 e. The minimum atomic E-state index is -4.08. The number of fused-ring (bicyclic) bond motifs is 2. The molecule has 42 heavy (non-hydrogen) atoms. The van der Waals surface area contributed by atoms with Crippen molar-refractivity contribution in [2.75, 3.05) is 19.0 Å². The second-order valence-corrected chi connectivity index (χ2v) is 13.6. The Balaban J connectivity index is 1.50. The van der Waals surface area contributed by atoms with Gasteiger partial charge in [-0.3, -0.25) is 9.59 Å². The first-order chi connectivity index (χ1) is 19.7. The Bertz CT molecular complexity index is 1510. The van der Waals surface area contributed by atoms with Gasteiger partial charge in [-0.05, 0) is 74.3 Å². The zero-order valence-electron chi connectivity index (χ0n) is 23.1. The predicted octanol–water partition coefficient (Wildman–Crippen LogP) is 3.67. The van der Waals surface area contributed by atoms with Gasteiger partial charge in [-0.1, -0.05) is 18.5 Å². The van der Waals surface area contributed by atoms with Gasteiger partial charge in [-0.2, -0.15) is 0 Å². The van der Waals surface area contributed by atoms with Crippen molar-refractivity contribution in [1.82, 2.24) is 10.6 Å². The Hall–Kier alpha value is -3.29. The van der Waals surface area contributed by atoms with E-state index in [0.29, 0.717) is 6.42 Å². The van der Waals surface area contributed by atoms with Gasteiger partial charge in [-0.15, -0.1) is 0 Å². The number of anilines is 1. The third kappa shape index (κ3) is 6.23. The molecule has 10 nitrogen and oxygen atoms in total. The third-order valence-electron chi connectivity index (χ3n) is 8.33. The van der Waals surface area contributed by atoms with Crippen molar-refractivity contribution in [3.63, 3.8) is 0 Å². The van der Waals surface area contributed by atoms with E-state index in [9.17, 15) is 36.7 Å². The van der Waals surface area contributed by atoms with E-state index in [1.165, 1.54) is 32.2 Å². The van der Waals surface area contributed by atoms with Crippen LogP contribution in [0.5, 0.6) is 0 Å². The number of amides is 3. The quantitative estimate of drug-likeness (QED) is 0.349. The molecule has 4 N–H and O–H groups in total. The van der Waals surface area contributed by atoms with Gasteiger partial charge in [0, 0.05) is 23.9 Å². The molecule has 0 aromatic heterocycles. The minimum absolute atomic E-state index is 0.0158. The lowest BCUT2D eigenvalue weighted by molar-refractivity contribution is -0.126. The van der Waals surface area contributed by atoms with Gasteiger partial charge >= 0.3 is 6.09 Å². The number of rotatable bonds is 8. The average Bonchev–Trinajstić information content (AvgIpc) is 3.05. The number of ether oxygens (including phenoxy) is 1. The summed E-state index contributed by atoms with van der Waals surface area (Å²) in [6.07, 6.45) is -0.0270. The van der Waals surface area contributed by atoms with Gasteiger partial charge in [0.2, 0.25) is 5.91 Å². The molecule has 0 aliphatic heterocycles. The van der Waals surface area contributed by atoms with E-state index >= 15 is 0 Å². The molecule has 228 valence electrons. The zero-order valence-corrected chi connectivity index (χ0v) is 24.7. The van der Waals surface area contributed by atoms with E-state index in [1.807, 2.05) is 6.92 Å². The van der Waals surface area contributed by atoms with Crippen LogP contribution in [0.4, 0.5) is 19.3 Å². The summed E-state index contributed by atoms with van der Waals surface area (Å²) in [4.78, 5) is 36.5. The number of sulfone groups is 1. The van der Waals surface area contributed by atoms with Crippen LogP contribution in [0.3, 0.4) is 0 Å². The molecule has 2 fully saturated rings. The lowest BCUT2D eigenvalue weighted by atomic mass is 9.73. The van der Waals surface area contributed by atoms with Crippen LogP contribution in [0, 0.1) is 29.4 Å². The number of halogens is 3. The SMILES string of the molecule is COC(=O)N[C@@H](C)C(=O)NC[C@@]1(O)C2CC(S(=O)(=O)c3cc(C(=O)Nc4ccc(F)c(F)c4)ccc3Cl)C[C@@H]1[C@@H](C)C2. The summed E-state index contributed by atoms with van der Waals surface area (Å²) >= 11 is 6.30. The first-order valence-corrected chi connectivity index (χ1v) is 15.2. The van der Waals surface area contributed by atoms with Crippen LogP contribution in [0.15, 0.2) is 41.3 Å². The van der Waals surface area contributed by atoms with Crippen LogP contribution >= 0.6 is 11.6 Å². The number of alkyl carbamates (subject to hydrolysis) is 1. The first-order valence-electron chi connectivity index (χ1n) is 13.3. The molecular weight excluding hydrogens is 596 g/mol. The fourth-order valence-corrected chi connectivity index (χ4v) is 8.45.